The van der Waals surface area contributed by atoms with Gasteiger partial charge in [-0.3, -0.25) is 14.8 Å². The lowest BCUT2D eigenvalue weighted by atomic mass is 10.1. The van der Waals surface area contributed by atoms with E-state index in [0.29, 0.717) is 30.5 Å². The van der Waals surface area contributed by atoms with Gasteiger partial charge in [0.25, 0.3) is 0 Å². The molecule has 0 aliphatic heterocycles. The minimum Gasteiger partial charge on any atom is -0.506 e. The van der Waals surface area contributed by atoms with Crippen molar-refractivity contribution in [2.24, 2.45) is 0 Å². The second-order valence-electron chi connectivity index (χ2n) is 6.60. The summed E-state index contributed by atoms with van der Waals surface area (Å²) in [4.78, 5) is 25.6. The van der Waals surface area contributed by atoms with Crippen LogP contribution in [0.25, 0.3) is 11.3 Å². The first-order chi connectivity index (χ1) is 13.9. The van der Waals surface area contributed by atoms with Gasteiger partial charge in [0.15, 0.2) is 0 Å². The molecule has 3 rings (SSSR count). The number of nitrogens with zero attached hydrogens (tertiary/aromatic N) is 4. The molecule has 0 spiro atoms. The molecular weight excluding hydrogens is 370 g/mol. The Balaban J connectivity index is 1.63. The van der Waals surface area contributed by atoms with E-state index in [1.54, 1.807) is 24.2 Å². The number of rotatable bonds is 7. The van der Waals surface area contributed by atoms with Gasteiger partial charge in [-0.05, 0) is 42.8 Å². The molecule has 0 radical (unpaired) electrons. The number of carbonyl (C=O) groups excluding carboxylic acids is 1. The van der Waals surface area contributed by atoms with E-state index >= 15 is 0 Å². The van der Waals surface area contributed by atoms with Crippen LogP contribution in [0.3, 0.4) is 0 Å². The third-order valence-electron chi connectivity index (χ3n) is 4.32. The molecule has 3 aromatic rings. The molecule has 0 aliphatic carbocycles. The van der Waals surface area contributed by atoms with Gasteiger partial charge in [-0.1, -0.05) is 0 Å². The highest BCUT2D eigenvalue weighted by Gasteiger charge is 2.07. The number of aromatic nitrogens is 3. The lowest BCUT2D eigenvalue weighted by Crippen LogP contribution is -2.29. The van der Waals surface area contributed by atoms with E-state index in [0.717, 1.165) is 16.8 Å². The first-order valence-corrected chi connectivity index (χ1v) is 9.14. The molecule has 2 N–H and O–H groups in total. The number of aryl methyl sites for hydroxylation is 1. The summed E-state index contributed by atoms with van der Waals surface area (Å²) in [6, 6.07) is 9.12. The molecule has 0 unspecified atom stereocenters. The molecule has 0 atom stereocenters. The van der Waals surface area contributed by atoms with Gasteiger partial charge >= 0.3 is 0 Å². The number of nitrogens with one attached hydrogen (secondary N) is 1. The highest BCUT2D eigenvalue weighted by atomic mass is 16.5. The molecule has 150 valence electrons. The summed E-state index contributed by atoms with van der Waals surface area (Å²) in [5, 5.41) is 12.6. The van der Waals surface area contributed by atoms with Crippen LogP contribution < -0.4 is 10.1 Å². The molecule has 2 heterocycles. The summed E-state index contributed by atoms with van der Waals surface area (Å²) in [7, 11) is 1.74. The largest absolute Gasteiger partial charge is 0.506 e. The van der Waals surface area contributed by atoms with Crippen LogP contribution in [0.15, 0.2) is 48.9 Å². The maximum atomic E-state index is 11.2. The molecule has 2 aromatic heterocycles. The van der Waals surface area contributed by atoms with E-state index in [1.165, 1.54) is 19.3 Å². The van der Waals surface area contributed by atoms with Crippen molar-refractivity contribution in [1.82, 2.24) is 19.9 Å². The molecule has 8 nitrogen and oxygen atoms in total. The second kappa shape index (κ2) is 9.01. The van der Waals surface area contributed by atoms with Crippen LogP contribution in [0.5, 0.6) is 17.4 Å². The van der Waals surface area contributed by atoms with Gasteiger partial charge in [0.05, 0.1) is 24.3 Å². The summed E-state index contributed by atoms with van der Waals surface area (Å²) in [6.45, 7) is 4.55. The third-order valence-corrected chi connectivity index (χ3v) is 4.32. The van der Waals surface area contributed by atoms with Gasteiger partial charge in [0.2, 0.25) is 11.8 Å². The quantitative estimate of drug-likeness (QED) is 0.635. The lowest BCUT2D eigenvalue weighted by molar-refractivity contribution is -0.127. The summed E-state index contributed by atoms with van der Waals surface area (Å²) < 4.78 is 5.79. The van der Waals surface area contributed by atoms with Crippen molar-refractivity contribution >= 4 is 11.7 Å². The highest BCUT2D eigenvalue weighted by molar-refractivity contribution is 5.72. The number of ether oxygens (including phenoxy) is 1. The fourth-order valence-electron chi connectivity index (χ4n) is 2.66. The van der Waals surface area contributed by atoms with E-state index in [2.05, 4.69) is 20.3 Å². The zero-order chi connectivity index (χ0) is 20.8. The number of benzene rings is 1. The molecule has 0 saturated carbocycles. The van der Waals surface area contributed by atoms with Gasteiger partial charge in [-0.25, -0.2) is 0 Å². The Kier molecular flexibility index (Phi) is 6.23. The van der Waals surface area contributed by atoms with Crippen LogP contribution in [0.4, 0.5) is 5.82 Å². The maximum Gasteiger partial charge on any atom is 0.239 e. The fraction of sp³-hybridized carbons (Fsp3) is 0.238. The predicted octanol–water partition coefficient (Wildman–Crippen LogP) is 3.24. The van der Waals surface area contributed by atoms with Gasteiger partial charge in [0, 0.05) is 32.6 Å². The van der Waals surface area contributed by atoms with Crippen molar-refractivity contribution in [3.63, 3.8) is 0 Å². The molecular formula is C21H23N5O3. The number of aromatic hydroxyl groups is 1. The summed E-state index contributed by atoms with van der Waals surface area (Å²) >= 11 is 0. The van der Waals surface area contributed by atoms with Crippen LogP contribution in [0.2, 0.25) is 0 Å². The minimum absolute atomic E-state index is 0.0103. The molecule has 8 heteroatoms. The Hall–Kier alpha value is -3.68. The molecule has 1 aromatic carbocycles. The molecule has 0 saturated heterocycles. The smallest absolute Gasteiger partial charge is 0.239 e. The number of likely N-dealkylation sites (N-methyl/N-ethyl adjacent to an activating group) is 1. The summed E-state index contributed by atoms with van der Waals surface area (Å²) in [6.07, 6.45) is 4.56. The van der Waals surface area contributed by atoms with Crippen molar-refractivity contribution in [3.8, 4) is 28.6 Å². The Labute approximate surface area is 169 Å². The van der Waals surface area contributed by atoms with Crippen LogP contribution in [0.1, 0.15) is 12.5 Å². The monoisotopic (exact) mass is 393 g/mol. The Bertz CT molecular complexity index is 992. The van der Waals surface area contributed by atoms with Crippen LogP contribution in [0, 0.1) is 6.92 Å². The number of hydrogen-bond acceptors (Lipinski definition) is 7. The van der Waals surface area contributed by atoms with Gasteiger partial charge in [-0.15, -0.1) is 0 Å². The standard InChI is InChI=1S/C21H23N5O3/c1-14-10-17(28)11-24-21(14)16-4-6-18(7-5-16)29-20-13-22-12-19(25-20)23-8-9-26(3)15(2)27/h4-7,10-13,28H,8-9H2,1-3H3,(H,23,25). The summed E-state index contributed by atoms with van der Waals surface area (Å²) in [5.41, 5.74) is 2.61. The number of pyridine rings is 1. The number of carbonyl (C=O) groups is 1. The molecule has 0 fully saturated rings. The first kappa shape index (κ1) is 20.1. The van der Waals surface area contributed by atoms with E-state index in [-0.39, 0.29) is 11.7 Å². The zero-order valence-corrected chi connectivity index (χ0v) is 16.6. The highest BCUT2D eigenvalue weighted by Crippen LogP contribution is 2.27. The average molecular weight is 393 g/mol. The lowest BCUT2D eigenvalue weighted by Gasteiger charge is -2.15. The number of amides is 1. The SMILES string of the molecule is CC(=O)N(C)CCNc1cncc(Oc2ccc(-c3ncc(O)cc3C)cc2)n1. The van der Waals surface area contributed by atoms with E-state index in [1.807, 2.05) is 31.2 Å². The second-order valence-corrected chi connectivity index (χ2v) is 6.60. The summed E-state index contributed by atoms with van der Waals surface area (Å²) in [5.74, 6) is 1.71. The molecule has 0 aliphatic rings. The minimum atomic E-state index is 0.0103. The Morgan fingerprint density at radius 2 is 1.97 bits per heavy atom. The van der Waals surface area contributed by atoms with Crippen LogP contribution >= 0.6 is 0 Å². The van der Waals surface area contributed by atoms with Crippen molar-refractivity contribution < 1.29 is 14.6 Å². The normalized spacial score (nSPS) is 10.4. The zero-order valence-electron chi connectivity index (χ0n) is 16.6. The predicted molar refractivity (Wildman–Crippen MR) is 110 cm³/mol. The number of anilines is 1. The third kappa shape index (κ3) is 5.41. The van der Waals surface area contributed by atoms with E-state index in [4.69, 9.17) is 4.74 Å². The van der Waals surface area contributed by atoms with Gasteiger partial charge in [0.1, 0.15) is 17.3 Å². The topological polar surface area (TPSA) is 100 Å². The van der Waals surface area contributed by atoms with E-state index in [9.17, 15) is 9.90 Å². The first-order valence-electron chi connectivity index (χ1n) is 9.14. The molecule has 1 amide bonds. The van der Waals surface area contributed by atoms with Crippen molar-refractivity contribution in [3.05, 3.63) is 54.5 Å². The van der Waals surface area contributed by atoms with Crippen molar-refractivity contribution in [2.45, 2.75) is 13.8 Å². The maximum absolute atomic E-state index is 11.2. The van der Waals surface area contributed by atoms with Crippen LogP contribution in [-0.4, -0.2) is 51.0 Å². The van der Waals surface area contributed by atoms with Crippen molar-refractivity contribution in [2.75, 3.05) is 25.5 Å². The number of hydrogen-bond donors (Lipinski definition) is 2. The van der Waals surface area contributed by atoms with Crippen LogP contribution in [-0.2, 0) is 4.79 Å². The van der Waals surface area contributed by atoms with Gasteiger partial charge < -0.3 is 20.1 Å². The Morgan fingerprint density at radius 1 is 1.21 bits per heavy atom. The molecule has 0 bridgehead atoms. The van der Waals surface area contributed by atoms with Crippen molar-refractivity contribution in [1.29, 1.82) is 0 Å². The van der Waals surface area contributed by atoms with Gasteiger partial charge in [-0.2, -0.15) is 4.98 Å². The average Bonchev–Trinajstić information content (AvgIpc) is 2.69. The Morgan fingerprint density at radius 3 is 2.66 bits per heavy atom. The van der Waals surface area contributed by atoms with E-state index < -0.39 is 0 Å². The fourth-order valence-corrected chi connectivity index (χ4v) is 2.66. The molecule has 29 heavy (non-hydrogen) atoms.